The average Bonchev–Trinajstić information content (AvgIpc) is 3.28. The second-order valence-electron chi connectivity index (χ2n) is 9.55. The molecule has 2 heterocycles. The molecule has 0 amide bonds. The van der Waals surface area contributed by atoms with Gasteiger partial charge in [-0.2, -0.15) is 5.10 Å². The highest BCUT2D eigenvalue weighted by Crippen LogP contribution is 2.38. The second kappa shape index (κ2) is 6.77. The molecule has 0 bridgehead atoms. The number of rotatable bonds is 5. The molecule has 1 aromatic carbocycles. The number of aromatic amines is 2. The van der Waals surface area contributed by atoms with Crippen LogP contribution in [0.2, 0.25) is 0 Å². The van der Waals surface area contributed by atoms with Gasteiger partial charge in [-0.15, -0.1) is 0 Å². The molecule has 1 aliphatic carbocycles. The number of benzene rings is 1. The van der Waals surface area contributed by atoms with Gasteiger partial charge in [0.05, 0.1) is 5.69 Å². The number of aromatic nitrogens is 3. The molecule has 0 aliphatic heterocycles. The summed E-state index contributed by atoms with van der Waals surface area (Å²) >= 11 is 0. The van der Waals surface area contributed by atoms with Gasteiger partial charge in [-0.3, -0.25) is 5.10 Å². The molecule has 0 fully saturated rings. The van der Waals surface area contributed by atoms with Gasteiger partial charge in [-0.25, -0.2) is 0 Å². The minimum Gasteiger partial charge on any atom is -0.373 e. The first kappa shape index (κ1) is 19.8. The highest BCUT2D eigenvalue weighted by molar-refractivity contribution is 5.88. The van der Waals surface area contributed by atoms with Crippen molar-refractivity contribution in [1.29, 1.82) is 0 Å². The fourth-order valence-electron chi connectivity index (χ4n) is 4.20. The number of ether oxygens (including phenoxy) is 1. The number of anilines is 1. The summed E-state index contributed by atoms with van der Waals surface area (Å²) in [6, 6.07) is 8.64. The molecule has 2 N–H and O–H groups in total. The summed E-state index contributed by atoms with van der Waals surface area (Å²) in [6.45, 7) is 12.9. The van der Waals surface area contributed by atoms with Crippen LogP contribution >= 0.6 is 0 Å². The van der Waals surface area contributed by atoms with Crippen LogP contribution in [0.3, 0.4) is 0 Å². The predicted molar refractivity (Wildman–Crippen MR) is 120 cm³/mol. The molecule has 154 valence electrons. The van der Waals surface area contributed by atoms with Crippen molar-refractivity contribution in [2.75, 3.05) is 19.1 Å². The number of methoxy groups -OCH3 is 1. The van der Waals surface area contributed by atoms with E-state index in [9.17, 15) is 0 Å². The molecule has 0 unspecified atom stereocenters. The molecule has 5 heteroatoms. The molecule has 0 saturated heterocycles. The normalized spacial score (nSPS) is 16.1. The maximum atomic E-state index is 5.59. The van der Waals surface area contributed by atoms with E-state index in [4.69, 9.17) is 4.74 Å². The molecular formula is C24H32N4O. The van der Waals surface area contributed by atoms with Gasteiger partial charge in [0.25, 0.3) is 0 Å². The minimum atomic E-state index is -0.424. The number of nitrogens with zero attached hydrogens (tertiary/aromatic N) is 2. The maximum absolute atomic E-state index is 5.59. The number of fused-ring (bicyclic) bond motifs is 2. The van der Waals surface area contributed by atoms with Crippen molar-refractivity contribution < 1.29 is 4.74 Å². The van der Waals surface area contributed by atoms with E-state index in [1.54, 1.807) is 7.11 Å². The zero-order chi connectivity index (χ0) is 21.0. The van der Waals surface area contributed by atoms with E-state index in [2.05, 4.69) is 64.8 Å². The Morgan fingerprint density at radius 2 is 2.03 bits per heavy atom. The molecular weight excluding hydrogens is 360 g/mol. The number of nitrogens with one attached hydrogen (secondary N) is 2. The average molecular weight is 393 g/mol. The van der Waals surface area contributed by atoms with Gasteiger partial charge >= 0.3 is 0 Å². The van der Waals surface area contributed by atoms with E-state index in [1.807, 2.05) is 20.9 Å². The molecule has 4 rings (SSSR count). The Balaban J connectivity index is 1.67. The lowest BCUT2D eigenvalue weighted by Crippen LogP contribution is -2.34. The van der Waals surface area contributed by atoms with Crippen LogP contribution in [0.5, 0.6) is 0 Å². The molecule has 5 nitrogen and oxygen atoms in total. The topological polar surface area (TPSA) is 56.9 Å². The summed E-state index contributed by atoms with van der Waals surface area (Å²) in [4.78, 5) is 5.67. The zero-order valence-corrected chi connectivity index (χ0v) is 18.4. The molecule has 1 aliphatic rings. The van der Waals surface area contributed by atoms with E-state index >= 15 is 0 Å². The van der Waals surface area contributed by atoms with Crippen LogP contribution in [0.1, 0.15) is 45.4 Å². The Hall–Kier alpha value is -2.53. The zero-order valence-electron chi connectivity index (χ0n) is 18.4. The highest BCUT2D eigenvalue weighted by Gasteiger charge is 2.29. The number of hydrogen-bond acceptors (Lipinski definition) is 3. The summed E-state index contributed by atoms with van der Waals surface area (Å²) in [5.74, 6) is 0. The first-order valence-corrected chi connectivity index (χ1v) is 10.3. The summed E-state index contributed by atoms with van der Waals surface area (Å²) in [7, 11) is 3.74. The lowest BCUT2D eigenvalue weighted by molar-refractivity contribution is 0.0536. The number of hydrogen-bond donors (Lipinski definition) is 2. The van der Waals surface area contributed by atoms with E-state index in [1.165, 1.54) is 23.1 Å². The van der Waals surface area contributed by atoms with Gasteiger partial charge in [0, 0.05) is 47.7 Å². The van der Waals surface area contributed by atoms with Crippen LogP contribution in [0.4, 0.5) is 5.69 Å². The quantitative estimate of drug-likeness (QED) is 0.607. The molecule has 0 atom stereocenters. The predicted octanol–water partition coefficient (Wildman–Crippen LogP) is 5.45. The van der Waals surface area contributed by atoms with Crippen LogP contribution in [-0.4, -0.2) is 34.9 Å². The molecule has 0 radical (unpaired) electrons. The Kier molecular flexibility index (Phi) is 4.61. The monoisotopic (exact) mass is 392 g/mol. The van der Waals surface area contributed by atoms with E-state index in [0.717, 1.165) is 41.1 Å². The van der Waals surface area contributed by atoms with Crippen LogP contribution in [0.25, 0.3) is 22.3 Å². The van der Waals surface area contributed by atoms with Gasteiger partial charge in [-0.05, 0) is 56.7 Å². The molecule has 3 aromatic rings. The summed E-state index contributed by atoms with van der Waals surface area (Å²) in [5.41, 5.74) is 7.79. The van der Waals surface area contributed by atoms with Crippen molar-refractivity contribution >= 4 is 16.6 Å². The standard InChI is InChI=1S/C24H32N4O/c1-15(24(4,5)29-7)28(6)17-9-8-16-12-20(25-19(16)13-17)22-18-10-11-23(2,3)14-21(18)26-27-22/h8-9,12-13,25H,1,10-11,14H2,2-7H3,(H,26,27). The molecule has 2 aromatic heterocycles. The third-order valence-electron chi connectivity index (χ3n) is 6.52. The first-order chi connectivity index (χ1) is 13.6. The fourth-order valence-corrected chi connectivity index (χ4v) is 4.20. The second-order valence-corrected chi connectivity index (χ2v) is 9.55. The van der Waals surface area contributed by atoms with Crippen molar-refractivity contribution in [2.24, 2.45) is 5.41 Å². The molecule has 0 saturated carbocycles. The smallest absolute Gasteiger partial charge is 0.112 e. The number of H-pyrrole nitrogens is 2. The van der Waals surface area contributed by atoms with Gasteiger partial charge in [0.1, 0.15) is 11.3 Å². The first-order valence-electron chi connectivity index (χ1n) is 10.3. The summed E-state index contributed by atoms with van der Waals surface area (Å²) in [5, 5.41) is 9.13. The minimum absolute atomic E-state index is 0.342. The SMILES string of the molecule is C=C(N(C)c1ccc2cc(-c3n[nH]c4c3CCC(C)(C)C4)[nH]c2c1)C(C)(C)OC. The van der Waals surface area contributed by atoms with Crippen LogP contribution in [0.15, 0.2) is 36.5 Å². The Bertz CT molecular complexity index is 1070. The third-order valence-corrected chi connectivity index (χ3v) is 6.52. The van der Waals surface area contributed by atoms with Gasteiger partial charge in [0.15, 0.2) is 0 Å². The van der Waals surface area contributed by atoms with Crippen LogP contribution < -0.4 is 4.90 Å². The van der Waals surface area contributed by atoms with Crippen molar-refractivity contribution in [1.82, 2.24) is 15.2 Å². The van der Waals surface area contributed by atoms with Crippen molar-refractivity contribution in [2.45, 2.75) is 52.6 Å². The van der Waals surface area contributed by atoms with E-state index in [-0.39, 0.29) is 0 Å². The summed E-state index contributed by atoms with van der Waals surface area (Å²) in [6.07, 6.45) is 3.32. The van der Waals surface area contributed by atoms with Crippen LogP contribution in [-0.2, 0) is 17.6 Å². The lowest BCUT2D eigenvalue weighted by Gasteiger charge is -2.33. The third kappa shape index (κ3) is 3.48. The number of likely N-dealkylation sites (N-methyl/N-ethyl adjacent to an activating group) is 1. The largest absolute Gasteiger partial charge is 0.373 e. The fraction of sp³-hybridized carbons (Fsp3) is 0.458. The van der Waals surface area contributed by atoms with Gasteiger partial charge in [-0.1, -0.05) is 26.5 Å². The van der Waals surface area contributed by atoms with E-state index < -0.39 is 5.60 Å². The lowest BCUT2D eigenvalue weighted by atomic mass is 9.76. The molecule has 29 heavy (non-hydrogen) atoms. The van der Waals surface area contributed by atoms with Crippen LogP contribution in [0, 0.1) is 5.41 Å². The Morgan fingerprint density at radius 1 is 1.28 bits per heavy atom. The Morgan fingerprint density at radius 3 is 2.76 bits per heavy atom. The van der Waals surface area contributed by atoms with Crippen molar-refractivity contribution in [3.63, 3.8) is 0 Å². The summed E-state index contributed by atoms with van der Waals surface area (Å²) < 4.78 is 5.59. The molecule has 0 spiro atoms. The van der Waals surface area contributed by atoms with Gasteiger partial charge < -0.3 is 14.6 Å². The van der Waals surface area contributed by atoms with E-state index in [0.29, 0.717) is 5.41 Å². The highest BCUT2D eigenvalue weighted by atomic mass is 16.5. The maximum Gasteiger partial charge on any atom is 0.112 e. The van der Waals surface area contributed by atoms with Gasteiger partial charge in [0.2, 0.25) is 0 Å². The van der Waals surface area contributed by atoms with Crippen molar-refractivity contribution in [3.05, 3.63) is 47.8 Å². The Labute approximate surface area is 173 Å². The van der Waals surface area contributed by atoms with Crippen molar-refractivity contribution in [3.8, 4) is 11.4 Å².